The maximum Gasteiger partial charge on any atom is 0.359 e. The standard InChI is InChI=1S/C27H17N3O3S3/c31-16-5-1-14(2-6-16)11-18-27(33)30-13-19(15-3-7-17(32)8-4-15)28-23(26(30)29-18)21-12-22-25(36-21)24-20(35-22)9-10-34-24/h1-10,12-13,18,31-32H,11H2/p+1. The summed E-state index contributed by atoms with van der Waals surface area (Å²) in [5.41, 5.74) is 3.17. The topological polar surface area (TPSA) is 86.3 Å². The summed E-state index contributed by atoms with van der Waals surface area (Å²) in [7, 11) is 0. The molecule has 0 saturated carbocycles. The Labute approximate surface area is 217 Å². The Bertz CT molecular complexity index is 1780. The van der Waals surface area contributed by atoms with Crippen LogP contribution in [0.2, 0.25) is 0 Å². The van der Waals surface area contributed by atoms with Crippen LogP contribution in [-0.4, -0.2) is 27.1 Å². The van der Waals surface area contributed by atoms with E-state index in [9.17, 15) is 15.0 Å². The highest BCUT2D eigenvalue weighted by Gasteiger charge is 2.41. The van der Waals surface area contributed by atoms with E-state index < -0.39 is 6.04 Å². The maximum absolute atomic E-state index is 13.5. The quantitative estimate of drug-likeness (QED) is 0.234. The van der Waals surface area contributed by atoms with Gasteiger partial charge in [-0.15, -0.1) is 34.0 Å². The van der Waals surface area contributed by atoms with Crippen molar-refractivity contribution in [1.82, 2.24) is 4.98 Å². The number of aromatic hydroxyl groups is 2. The largest absolute Gasteiger partial charge is 0.508 e. The molecule has 4 aromatic heterocycles. The molecule has 2 aromatic carbocycles. The van der Waals surface area contributed by atoms with Gasteiger partial charge in [-0.1, -0.05) is 12.1 Å². The fourth-order valence-electron chi connectivity index (χ4n) is 4.55. The van der Waals surface area contributed by atoms with Crippen molar-refractivity contribution in [3.8, 4) is 33.3 Å². The Morgan fingerprint density at radius 3 is 2.44 bits per heavy atom. The molecule has 1 unspecified atom stereocenters. The van der Waals surface area contributed by atoms with E-state index in [1.165, 1.54) is 18.8 Å². The van der Waals surface area contributed by atoms with Crippen LogP contribution in [0.1, 0.15) is 10.4 Å². The molecule has 0 amide bonds. The Morgan fingerprint density at radius 2 is 1.67 bits per heavy atom. The molecule has 176 valence electrons. The van der Waals surface area contributed by atoms with Crippen LogP contribution in [0.25, 0.3) is 40.6 Å². The lowest BCUT2D eigenvalue weighted by Gasteiger charge is -2.06. The lowest BCUT2D eigenvalue weighted by Crippen LogP contribution is -2.43. The van der Waals surface area contributed by atoms with Gasteiger partial charge in [0.15, 0.2) is 11.7 Å². The Hall–Kier alpha value is -3.79. The van der Waals surface area contributed by atoms with E-state index in [0.29, 0.717) is 17.9 Å². The van der Waals surface area contributed by atoms with Gasteiger partial charge in [0.05, 0.1) is 14.3 Å². The summed E-state index contributed by atoms with van der Waals surface area (Å²) >= 11 is 5.22. The van der Waals surface area contributed by atoms with Gasteiger partial charge in [0.1, 0.15) is 23.4 Å². The molecule has 0 bridgehead atoms. The third-order valence-electron chi connectivity index (χ3n) is 6.32. The molecular weight excluding hydrogens is 511 g/mol. The minimum atomic E-state index is -0.449. The van der Waals surface area contributed by atoms with Gasteiger partial charge in [-0.2, -0.15) is 4.57 Å². The minimum absolute atomic E-state index is 0.0548. The van der Waals surface area contributed by atoms with Crippen LogP contribution >= 0.6 is 34.0 Å². The molecule has 1 aliphatic rings. The summed E-state index contributed by atoms with van der Waals surface area (Å²) in [4.78, 5) is 19.6. The number of hydrogen-bond donors (Lipinski definition) is 3. The summed E-state index contributed by atoms with van der Waals surface area (Å²) in [6.07, 6.45) is 2.26. The van der Waals surface area contributed by atoms with Crippen LogP contribution in [0, 0.1) is 0 Å². The van der Waals surface area contributed by atoms with Crippen molar-refractivity contribution in [3.63, 3.8) is 0 Å². The second-order valence-electron chi connectivity index (χ2n) is 8.67. The van der Waals surface area contributed by atoms with Gasteiger partial charge < -0.3 is 10.2 Å². The highest BCUT2D eigenvalue weighted by atomic mass is 32.1. The molecule has 0 saturated heterocycles. The van der Waals surface area contributed by atoms with Crippen molar-refractivity contribution < 1.29 is 19.6 Å². The number of aromatic nitrogens is 2. The van der Waals surface area contributed by atoms with Crippen LogP contribution in [-0.2, 0) is 6.42 Å². The van der Waals surface area contributed by atoms with Crippen molar-refractivity contribution >= 4 is 64.5 Å². The molecule has 6 nitrogen and oxygen atoms in total. The predicted molar refractivity (Wildman–Crippen MR) is 145 cm³/mol. The Morgan fingerprint density at radius 1 is 0.917 bits per heavy atom. The van der Waals surface area contributed by atoms with Gasteiger partial charge in [0.2, 0.25) is 0 Å². The molecule has 0 fully saturated rings. The van der Waals surface area contributed by atoms with Crippen molar-refractivity contribution in [2.45, 2.75) is 12.5 Å². The van der Waals surface area contributed by atoms with Gasteiger partial charge in [-0.05, 0) is 59.5 Å². The van der Waals surface area contributed by atoms with Gasteiger partial charge >= 0.3 is 11.7 Å². The van der Waals surface area contributed by atoms with E-state index in [1.54, 1.807) is 81.2 Å². The fraction of sp³-hybridized carbons (Fsp3) is 0.0741. The molecular formula is C27H18N3O3S3+. The van der Waals surface area contributed by atoms with E-state index >= 15 is 0 Å². The third-order valence-corrected chi connectivity index (χ3v) is 9.90. The van der Waals surface area contributed by atoms with Gasteiger partial charge in [-0.25, -0.2) is 9.78 Å². The lowest BCUT2D eigenvalue weighted by atomic mass is 10.1. The number of benzene rings is 2. The summed E-state index contributed by atoms with van der Waals surface area (Å²) in [5, 5.41) is 24.9. The molecule has 0 spiro atoms. The summed E-state index contributed by atoms with van der Waals surface area (Å²) in [6.45, 7) is 0. The number of hydrogen-bond acceptors (Lipinski definition) is 8. The smallest absolute Gasteiger partial charge is 0.359 e. The van der Waals surface area contributed by atoms with E-state index in [2.05, 4.69) is 22.8 Å². The highest BCUT2D eigenvalue weighted by Crippen LogP contribution is 2.46. The first-order chi connectivity index (χ1) is 17.5. The van der Waals surface area contributed by atoms with Crippen LogP contribution in [0.4, 0.5) is 5.82 Å². The number of rotatable bonds is 4. The van der Waals surface area contributed by atoms with E-state index in [1.807, 2.05) is 12.1 Å². The predicted octanol–water partition coefficient (Wildman–Crippen LogP) is 6.28. The highest BCUT2D eigenvalue weighted by molar-refractivity contribution is 7.39. The molecule has 0 aliphatic carbocycles. The molecule has 3 N–H and O–H groups in total. The van der Waals surface area contributed by atoms with Crippen molar-refractivity contribution in [3.05, 3.63) is 77.8 Å². The Kier molecular flexibility index (Phi) is 4.85. The average Bonchev–Trinajstić information content (AvgIpc) is 3.63. The summed E-state index contributed by atoms with van der Waals surface area (Å²) in [6, 6.07) is 17.7. The summed E-state index contributed by atoms with van der Waals surface area (Å²) < 4.78 is 6.72. The molecule has 5 heterocycles. The van der Waals surface area contributed by atoms with Crippen LogP contribution in [0.15, 0.2) is 72.2 Å². The van der Waals surface area contributed by atoms with Gasteiger partial charge in [-0.3, -0.25) is 5.32 Å². The first kappa shape index (κ1) is 21.5. The monoisotopic (exact) mass is 528 g/mol. The third kappa shape index (κ3) is 3.47. The number of carbonyl (C=O) groups excluding carboxylic acids is 1. The number of phenolic OH excluding ortho intramolecular Hbond substituents is 2. The van der Waals surface area contributed by atoms with Gasteiger partial charge in [0, 0.05) is 21.4 Å². The molecule has 7 rings (SSSR count). The number of phenols is 2. The lowest BCUT2D eigenvalue weighted by molar-refractivity contribution is -0.551. The van der Waals surface area contributed by atoms with Crippen LogP contribution in [0.3, 0.4) is 0 Å². The number of fused-ring (bicyclic) bond motifs is 4. The average molecular weight is 529 g/mol. The number of thiophene rings is 3. The zero-order chi connectivity index (χ0) is 24.4. The number of carbonyl (C=O) groups is 1. The van der Waals surface area contributed by atoms with E-state index in [4.69, 9.17) is 4.98 Å². The first-order valence-electron chi connectivity index (χ1n) is 11.3. The fourth-order valence-corrected chi connectivity index (χ4v) is 8.30. The second kappa shape index (κ2) is 8.12. The number of nitrogens with zero attached hydrogens (tertiary/aromatic N) is 2. The SMILES string of the molecule is O=C1C(Cc2ccc(O)cc2)Nc2c(-c3cc4sc5ccsc5c4s3)nc(-c3ccc(O)cc3)c[n+]21. The van der Waals surface area contributed by atoms with Crippen molar-refractivity contribution in [1.29, 1.82) is 0 Å². The van der Waals surface area contributed by atoms with Crippen molar-refractivity contribution in [2.75, 3.05) is 5.32 Å². The molecule has 1 atom stereocenters. The van der Waals surface area contributed by atoms with E-state index in [-0.39, 0.29) is 17.4 Å². The number of anilines is 1. The molecule has 36 heavy (non-hydrogen) atoms. The minimum Gasteiger partial charge on any atom is -0.508 e. The molecule has 1 aliphatic heterocycles. The maximum atomic E-state index is 13.5. The zero-order valence-electron chi connectivity index (χ0n) is 18.6. The van der Waals surface area contributed by atoms with Gasteiger partial charge in [0.25, 0.3) is 0 Å². The van der Waals surface area contributed by atoms with Crippen molar-refractivity contribution in [2.24, 2.45) is 0 Å². The normalized spacial score (nSPS) is 15.0. The Balaban J connectivity index is 1.36. The molecule has 0 radical (unpaired) electrons. The van der Waals surface area contributed by atoms with Crippen LogP contribution in [0.5, 0.6) is 11.5 Å². The molecule has 9 heteroatoms. The molecule has 6 aromatic rings. The van der Waals surface area contributed by atoms with Crippen LogP contribution < -0.4 is 9.88 Å². The second-order valence-corrected chi connectivity index (χ2v) is 11.7. The van der Waals surface area contributed by atoms with E-state index in [0.717, 1.165) is 21.7 Å². The number of nitrogens with one attached hydrogen (secondary N) is 1. The summed E-state index contributed by atoms with van der Waals surface area (Å²) in [5.74, 6) is 1.01. The zero-order valence-corrected chi connectivity index (χ0v) is 21.1. The first-order valence-corrected chi connectivity index (χ1v) is 13.8.